The number of aromatic nitrogens is 1. The molecule has 0 N–H and O–H groups in total. The minimum atomic E-state index is 0.215. The molecule has 1 saturated carbocycles. The number of furan rings is 1. The molecule has 0 aliphatic heterocycles. The topological polar surface area (TPSA) is 46.3 Å². The molecule has 0 unspecified atom stereocenters. The van der Waals surface area contributed by atoms with Crippen LogP contribution >= 0.6 is 0 Å². The third-order valence-corrected chi connectivity index (χ3v) is 4.31. The highest BCUT2D eigenvalue weighted by Gasteiger charge is 2.23. The van der Waals surface area contributed by atoms with E-state index in [0.717, 1.165) is 11.3 Å². The molecular formula is C18H22N2O2. The summed E-state index contributed by atoms with van der Waals surface area (Å²) in [4.78, 5) is 18.7. The van der Waals surface area contributed by atoms with Crippen LogP contribution in [0.1, 0.15) is 43.4 Å². The van der Waals surface area contributed by atoms with E-state index in [4.69, 9.17) is 4.42 Å². The lowest BCUT2D eigenvalue weighted by Crippen LogP contribution is -2.31. The second-order valence-corrected chi connectivity index (χ2v) is 6.05. The van der Waals surface area contributed by atoms with Gasteiger partial charge in [-0.15, -0.1) is 0 Å². The zero-order valence-electron chi connectivity index (χ0n) is 12.8. The van der Waals surface area contributed by atoms with E-state index >= 15 is 0 Å². The Morgan fingerprint density at radius 2 is 2.09 bits per heavy atom. The summed E-state index contributed by atoms with van der Waals surface area (Å²) in [6, 6.07) is 7.69. The van der Waals surface area contributed by atoms with Gasteiger partial charge >= 0.3 is 0 Å². The number of rotatable bonds is 6. The second-order valence-electron chi connectivity index (χ2n) is 6.05. The average molecular weight is 298 g/mol. The summed E-state index contributed by atoms with van der Waals surface area (Å²) in [7, 11) is 0. The standard InChI is InChI=1S/C18H22N2O2/c21-18(11-15-5-1-2-6-15)20(14-17-8-4-10-22-17)13-16-7-3-9-19-12-16/h3-4,7-10,12,15H,1-2,5-6,11,13-14H2. The lowest BCUT2D eigenvalue weighted by molar-refractivity contribution is -0.133. The summed E-state index contributed by atoms with van der Waals surface area (Å²) in [5.74, 6) is 1.59. The SMILES string of the molecule is O=C(CC1CCCC1)N(Cc1cccnc1)Cc1ccco1. The molecule has 22 heavy (non-hydrogen) atoms. The number of amides is 1. The maximum Gasteiger partial charge on any atom is 0.223 e. The molecule has 0 aromatic carbocycles. The summed E-state index contributed by atoms with van der Waals surface area (Å²) in [5.41, 5.74) is 1.05. The zero-order valence-corrected chi connectivity index (χ0v) is 12.8. The van der Waals surface area contributed by atoms with Crippen LogP contribution in [-0.2, 0) is 17.9 Å². The smallest absolute Gasteiger partial charge is 0.223 e. The van der Waals surface area contributed by atoms with Crippen LogP contribution in [0.4, 0.5) is 0 Å². The molecule has 0 bridgehead atoms. The van der Waals surface area contributed by atoms with Gasteiger partial charge in [-0.1, -0.05) is 18.9 Å². The Labute approximate surface area is 131 Å². The van der Waals surface area contributed by atoms with Crippen molar-refractivity contribution >= 4 is 5.91 Å². The fourth-order valence-corrected chi connectivity index (χ4v) is 3.13. The molecule has 4 heteroatoms. The quantitative estimate of drug-likeness (QED) is 0.815. The lowest BCUT2D eigenvalue weighted by Gasteiger charge is -2.23. The van der Waals surface area contributed by atoms with Gasteiger partial charge in [0.15, 0.2) is 0 Å². The molecule has 1 aliphatic rings. The molecule has 116 valence electrons. The van der Waals surface area contributed by atoms with E-state index in [1.807, 2.05) is 35.4 Å². The number of hydrogen-bond acceptors (Lipinski definition) is 3. The van der Waals surface area contributed by atoms with Gasteiger partial charge in [0.2, 0.25) is 5.91 Å². The predicted molar refractivity (Wildman–Crippen MR) is 83.8 cm³/mol. The van der Waals surface area contributed by atoms with Crippen molar-refractivity contribution in [1.82, 2.24) is 9.88 Å². The summed E-state index contributed by atoms with van der Waals surface area (Å²) in [6.45, 7) is 1.10. The highest BCUT2D eigenvalue weighted by Crippen LogP contribution is 2.28. The normalized spacial score (nSPS) is 15.1. The third-order valence-electron chi connectivity index (χ3n) is 4.31. The molecular weight excluding hydrogens is 276 g/mol. The predicted octanol–water partition coefficient (Wildman–Crippen LogP) is 3.78. The Hall–Kier alpha value is -2.10. The van der Waals surface area contributed by atoms with Crippen LogP contribution in [0.2, 0.25) is 0 Å². The van der Waals surface area contributed by atoms with E-state index in [0.29, 0.717) is 25.4 Å². The van der Waals surface area contributed by atoms with E-state index in [1.54, 1.807) is 12.5 Å². The van der Waals surface area contributed by atoms with Gasteiger partial charge in [-0.05, 0) is 42.5 Å². The number of nitrogens with zero attached hydrogens (tertiary/aromatic N) is 2. The minimum absolute atomic E-state index is 0.215. The summed E-state index contributed by atoms with van der Waals surface area (Å²) in [5, 5.41) is 0. The first kappa shape index (κ1) is 14.8. The van der Waals surface area contributed by atoms with Gasteiger partial charge in [-0.25, -0.2) is 0 Å². The summed E-state index contributed by atoms with van der Waals surface area (Å²) < 4.78 is 5.41. The first-order chi connectivity index (χ1) is 10.8. The van der Waals surface area contributed by atoms with Crippen LogP contribution in [0, 0.1) is 5.92 Å². The molecule has 2 heterocycles. The van der Waals surface area contributed by atoms with Gasteiger partial charge in [-0.2, -0.15) is 0 Å². The molecule has 0 atom stereocenters. The van der Waals surface area contributed by atoms with Crippen LogP contribution in [0.25, 0.3) is 0 Å². The molecule has 1 aliphatic carbocycles. The number of carbonyl (C=O) groups is 1. The van der Waals surface area contributed by atoms with Crippen molar-refractivity contribution in [2.24, 2.45) is 5.92 Å². The first-order valence-corrected chi connectivity index (χ1v) is 8.00. The first-order valence-electron chi connectivity index (χ1n) is 8.00. The van der Waals surface area contributed by atoms with Crippen LogP contribution in [0.3, 0.4) is 0 Å². The highest BCUT2D eigenvalue weighted by molar-refractivity contribution is 5.76. The highest BCUT2D eigenvalue weighted by atomic mass is 16.3. The Kier molecular flexibility index (Phi) is 4.88. The number of pyridine rings is 1. The fourth-order valence-electron chi connectivity index (χ4n) is 3.13. The maximum absolute atomic E-state index is 12.7. The molecule has 0 spiro atoms. The van der Waals surface area contributed by atoms with E-state index in [1.165, 1.54) is 25.7 Å². The van der Waals surface area contributed by atoms with Crippen molar-refractivity contribution in [3.8, 4) is 0 Å². The number of carbonyl (C=O) groups excluding carboxylic acids is 1. The molecule has 0 radical (unpaired) electrons. The second kappa shape index (κ2) is 7.25. The molecule has 1 amide bonds. The van der Waals surface area contributed by atoms with E-state index in [2.05, 4.69) is 4.98 Å². The van der Waals surface area contributed by atoms with Crippen molar-refractivity contribution in [3.05, 3.63) is 54.2 Å². The van der Waals surface area contributed by atoms with Crippen molar-refractivity contribution < 1.29 is 9.21 Å². The van der Waals surface area contributed by atoms with E-state index in [-0.39, 0.29) is 5.91 Å². The van der Waals surface area contributed by atoms with Crippen LogP contribution in [0.15, 0.2) is 47.3 Å². The Morgan fingerprint density at radius 3 is 2.77 bits per heavy atom. The van der Waals surface area contributed by atoms with Crippen molar-refractivity contribution in [2.45, 2.75) is 45.2 Å². The van der Waals surface area contributed by atoms with Gasteiger partial charge in [0.1, 0.15) is 5.76 Å². The fraction of sp³-hybridized carbons (Fsp3) is 0.444. The molecule has 1 fully saturated rings. The van der Waals surface area contributed by atoms with Crippen LogP contribution in [0.5, 0.6) is 0 Å². The van der Waals surface area contributed by atoms with E-state index < -0.39 is 0 Å². The minimum Gasteiger partial charge on any atom is -0.467 e. The Balaban J connectivity index is 1.68. The molecule has 4 nitrogen and oxygen atoms in total. The average Bonchev–Trinajstić information content (AvgIpc) is 3.21. The van der Waals surface area contributed by atoms with Crippen molar-refractivity contribution in [3.63, 3.8) is 0 Å². The van der Waals surface area contributed by atoms with Crippen LogP contribution in [-0.4, -0.2) is 15.8 Å². The zero-order chi connectivity index (χ0) is 15.2. The monoisotopic (exact) mass is 298 g/mol. The van der Waals surface area contributed by atoms with Crippen molar-refractivity contribution in [2.75, 3.05) is 0 Å². The van der Waals surface area contributed by atoms with Gasteiger partial charge in [0, 0.05) is 25.4 Å². The van der Waals surface area contributed by atoms with Gasteiger partial charge in [0.05, 0.1) is 12.8 Å². The molecule has 2 aromatic heterocycles. The van der Waals surface area contributed by atoms with E-state index in [9.17, 15) is 4.79 Å². The molecule has 2 aromatic rings. The van der Waals surface area contributed by atoms with Gasteiger partial charge < -0.3 is 9.32 Å². The maximum atomic E-state index is 12.7. The lowest BCUT2D eigenvalue weighted by atomic mass is 10.0. The van der Waals surface area contributed by atoms with Gasteiger partial charge in [-0.3, -0.25) is 9.78 Å². The third kappa shape index (κ3) is 3.97. The van der Waals surface area contributed by atoms with Crippen molar-refractivity contribution in [1.29, 1.82) is 0 Å². The Morgan fingerprint density at radius 1 is 1.23 bits per heavy atom. The summed E-state index contributed by atoms with van der Waals surface area (Å²) >= 11 is 0. The van der Waals surface area contributed by atoms with Crippen LogP contribution < -0.4 is 0 Å². The largest absolute Gasteiger partial charge is 0.467 e. The van der Waals surface area contributed by atoms with Gasteiger partial charge in [0.25, 0.3) is 0 Å². The molecule has 0 saturated heterocycles. The summed E-state index contributed by atoms with van der Waals surface area (Å²) in [6.07, 6.45) is 10.8. The number of hydrogen-bond donors (Lipinski definition) is 0. The molecule has 3 rings (SSSR count). The Bertz CT molecular complexity index is 574.